The van der Waals surface area contributed by atoms with E-state index in [0.29, 0.717) is 6.54 Å². The molecule has 21 heavy (non-hydrogen) atoms. The van der Waals surface area contributed by atoms with Crippen LogP contribution in [0, 0.1) is 0 Å². The zero-order chi connectivity index (χ0) is 15.3. The molecular formula is C15H18F3N3. The van der Waals surface area contributed by atoms with Crippen LogP contribution in [0.1, 0.15) is 36.3 Å². The highest BCUT2D eigenvalue weighted by Gasteiger charge is 2.33. The number of hydrogen-bond acceptors (Lipinski definition) is 2. The van der Waals surface area contributed by atoms with Gasteiger partial charge in [-0.2, -0.15) is 13.2 Å². The predicted octanol–water partition coefficient (Wildman–Crippen LogP) is 3.71. The molecule has 1 aromatic heterocycles. The second kappa shape index (κ2) is 6.76. The van der Waals surface area contributed by atoms with Gasteiger partial charge in [0.1, 0.15) is 5.82 Å². The van der Waals surface area contributed by atoms with Gasteiger partial charge in [0.25, 0.3) is 0 Å². The van der Waals surface area contributed by atoms with Crippen molar-refractivity contribution in [3.8, 4) is 0 Å². The van der Waals surface area contributed by atoms with Gasteiger partial charge < -0.3 is 10.3 Å². The quantitative estimate of drug-likeness (QED) is 0.798. The van der Waals surface area contributed by atoms with E-state index in [1.807, 2.05) is 0 Å². The lowest BCUT2D eigenvalue weighted by molar-refractivity contribution is -0.138. The van der Waals surface area contributed by atoms with Gasteiger partial charge in [-0.3, -0.25) is 0 Å². The molecule has 0 bridgehead atoms. The first kappa shape index (κ1) is 15.6. The van der Waals surface area contributed by atoms with E-state index in [1.54, 1.807) is 25.4 Å². The topological polar surface area (TPSA) is 40.7 Å². The first-order chi connectivity index (χ1) is 9.98. The summed E-state index contributed by atoms with van der Waals surface area (Å²) in [6.45, 7) is 2.38. The van der Waals surface area contributed by atoms with Gasteiger partial charge in [0.05, 0.1) is 5.56 Å². The van der Waals surface area contributed by atoms with Crippen molar-refractivity contribution in [3.05, 3.63) is 53.6 Å². The van der Waals surface area contributed by atoms with Crippen LogP contribution < -0.4 is 5.32 Å². The van der Waals surface area contributed by atoms with E-state index >= 15 is 0 Å². The molecule has 3 nitrogen and oxygen atoms in total. The molecule has 2 aromatic rings. The molecule has 1 heterocycles. The molecule has 0 aliphatic heterocycles. The molecule has 6 heteroatoms. The smallest absolute Gasteiger partial charge is 0.349 e. The molecule has 0 spiro atoms. The maximum atomic E-state index is 12.9. The second-order valence-electron chi connectivity index (χ2n) is 4.90. The largest absolute Gasteiger partial charge is 0.416 e. The molecule has 2 rings (SSSR count). The predicted molar refractivity (Wildman–Crippen MR) is 74.8 cm³/mol. The van der Waals surface area contributed by atoms with E-state index in [2.05, 4.69) is 15.3 Å². The number of nitrogens with one attached hydrogen (secondary N) is 2. The number of H-pyrrole nitrogens is 1. The molecule has 0 saturated carbocycles. The van der Waals surface area contributed by atoms with E-state index in [0.717, 1.165) is 24.7 Å². The SMILES string of the molecule is CC(NCCCc1ncc[nH]1)c1ccccc1C(F)(F)F. The molecule has 0 aliphatic carbocycles. The highest BCUT2D eigenvalue weighted by atomic mass is 19.4. The third-order valence-electron chi connectivity index (χ3n) is 3.33. The van der Waals surface area contributed by atoms with Crippen molar-refractivity contribution < 1.29 is 13.2 Å². The van der Waals surface area contributed by atoms with E-state index in [9.17, 15) is 13.2 Å². The van der Waals surface area contributed by atoms with E-state index in [4.69, 9.17) is 0 Å². The molecule has 114 valence electrons. The van der Waals surface area contributed by atoms with Crippen molar-refractivity contribution in [3.63, 3.8) is 0 Å². The van der Waals surface area contributed by atoms with Gasteiger partial charge in [0, 0.05) is 24.9 Å². The van der Waals surface area contributed by atoms with Crippen LogP contribution in [0.5, 0.6) is 0 Å². The summed E-state index contributed by atoms with van der Waals surface area (Å²) < 4.78 is 38.8. The molecule has 1 atom stereocenters. The zero-order valence-corrected chi connectivity index (χ0v) is 11.7. The van der Waals surface area contributed by atoms with Crippen LogP contribution in [-0.2, 0) is 12.6 Å². The number of benzene rings is 1. The Balaban J connectivity index is 1.90. The Morgan fingerprint density at radius 2 is 2.05 bits per heavy atom. The number of rotatable bonds is 6. The van der Waals surface area contributed by atoms with E-state index in [1.165, 1.54) is 12.1 Å². The van der Waals surface area contributed by atoms with E-state index in [-0.39, 0.29) is 11.6 Å². The number of halogens is 3. The third-order valence-corrected chi connectivity index (χ3v) is 3.33. The Kier molecular flexibility index (Phi) is 5.01. The molecule has 0 amide bonds. The third kappa shape index (κ3) is 4.32. The van der Waals surface area contributed by atoms with Crippen molar-refractivity contribution in [2.75, 3.05) is 6.54 Å². The summed E-state index contributed by atoms with van der Waals surface area (Å²) in [6, 6.07) is 5.34. The number of hydrogen-bond donors (Lipinski definition) is 2. The zero-order valence-electron chi connectivity index (χ0n) is 11.7. The first-order valence-corrected chi connectivity index (χ1v) is 6.86. The number of aryl methyl sites for hydroxylation is 1. The average Bonchev–Trinajstić information content (AvgIpc) is 2.95. The standard InChI is InChI=1S/C15H18F3N3/c1-11(19-8-4-7-14-20-9-10-21-14)12-5-2-3-6-13(12)15(16,17)18/h2-3,5-6,9-11,19H,4,7-8H2,1H3,(H,20,21). The number of nitrogens with zero attached hydrogens (tertiary/aromatic N) is 1. The number of aromatic nitrogens is 2. The van der Waals surface area contributed by atoms with Gasteiger partial charge in [-0.1, -0.05) is 18.2 Å². The minimum Gasteiger partial charge on any atom is -0.349 e. The van der Waals surface area contributed by atoms with Crippen LogP contribution in [0.15, 0.2) is 36.7 Å². The maximum absolute atomic E-state index is 12.9. The van der Waals surface area contributed by atoms with Gasteiger partial charge in [-0.25, -0.2) is 4.98 Å². The highest BCUT2D eigenvalue weighted by Crippen LogP contribution is 2.34. The van der Waals surface area contributed by atoms with Crippen LogP contribution in [0.25, 0.3) is 0 Å². The second-order valence-corrected chi connectivity index (χ2v) is 4.90. The summed E-state index contributed by atoms with van der Waals surface area (Å²) >= 11 is 0. The molecular weight excluding hydrogens is 279 g/mol. The monoisotopic (exact) mass is 297 g/mol. The van der Waals surface area contributed by atoms with Crippen molar-refractivity contribution in [2.45, 2.75) is 32.0 Å². The molecule has 1 aromatic carbocycles. The van der Waals surface area contributed by atoms with Crippen molar-refractivity contribution in [1.29, 1.82) is 0 Å². The van der Waals surface area contributed by atoms with Gasteiger partial charge >= 0.3 is 6.18 Å². The molecule has 2 N–H and O–H groups in total. The molecule has 0 fully saturated rings. The van der Waals surface area contributed by atoms with Gasteiger partial charge in [-0.05, 0) is 31.5 Å². The van der Waals surface area contributed by atoms with Crippen LogP contribution >= 0.6 is 0 Å². The molecule has 0 radical (unpaired) electrons. The summed E-state index contributed by atoms with van der Waals surface area (Å²) in [5.41, 5.74) is -0.293. The molecule has 0 aliphatic rings. The fourth-order valence-corrected chi connectivity index (χ4v) is 2.25. The fourth-order valence-electron chi connectivity index (χ4n) is 2.25. The molecule has 0 saturated heterocycles. The Hall–Kier alpha value is -1.82. The lowest BCUT2D eigenvalue weighted by Gasteiger charge is -2.19. The van der Waals surface area contributed by atoms with Gasteiger partial charge in [-0.15, -0.1) is 0 Å². The van der Waals surface area contributed by atoms with Gasteiger partial charge in [0.2, 0.25) is 0 Å². The summed E-state index contributed by atoms with van der Waals surface area (Å²) in [5, 5.41) is 3.13. The average molecular weight is 297 g/mol. The van der Waals surface area contributed by atoms with Crippen molar-refractivity contribution >= 4 is 0 Å². The number of imidazole rings is 1. The number of aromatic amines is 1. The summed E-state index contributed by atoms with van der Waals surface area (Å²) in [7, 11) is 0. The minimum absolute atomic E-state index is 0.281. The fraction of sp³-hybridized carbons (Fsp3) is 0.400. The Morgan fingerprint density at radius 1 is 1.29 bits per heavy atom. The van der Waals surface area contributed by atoms with Crippen LogP contribution in [0.4, 0.5) is 13.2 Å². The summed E-state index contributed by atoms with van der Waals surface area (Å²) in [5.74, 6) is 0.889. The Labute approximate surface area is 121 Å². The molecule has 1 unspecified atom stereocenters. The minimum atomic E-state index is -4.32. The summed E-state index contributed by atoms with van der Waals surface area (Å²) in [4.78, 5) is 7.10. The lowest BCUT2D eigenvalue weighted by atomic mass is 10.0. The Bertz CT molecular complexity index is 550. The Morgan fingerprint density at radius 3 is 2.71 bits per heavy atom. The van der Waals surface area contributed by atoms with Crippen molar-refractivity contribution in [2.24, 2.45) is 0 Å². The number of alkyl halides is 3. The normalized spacial score (nSPS) is 13.3. The van der Waals surface area contributed by atoms with Crippen LogP contribution in [0.2, 0.25) is 0 Å². The van der Waals surface area contributed by atoms with E-state index < -0.39 is 11.7 Å². The van der Waals surface area contributed by atoms with Crippen LogP contribution in [-0.4, -0.2) is 16.5 Å². The maximum Gasteiger partial charge on any atom is 0.416 e. The van der Waals surface area contributed by atoms with Crippen LogP contribution in [0.3, 0.4) is 0 Å². The first-order valence-electron chi connectivity index (χ1n) is 6.86. The van der Waals surface area contributed by atoms with Crippen molar-refractivity contribution in [1.82, 2.24) is 15.3 Å². The highest BCUT2D eigenvalue weighted by molar-refractivity contribution is 5.32. The lowest BCUT2D eigenvalue weighted by Crippen LogP contribution is -2.23. The van der Waals surface area contributed by atoms with Gasteiger partial charge in [0.15, 0.2) is 0 Å². The summed E-state index contributed by atoms with van der Waals surface area (Å²) in [6.07, 6.45) is 0.705.